The van der Waals surface area contributed by atoms with Crippen LogP contribution in [-0.4, -0.2) is 19.4 Å². The Kier molecular flexibility index (Phi) is 2.58. The van der Waals surface area contributed by atoms with Gasteiger partial charge in [0.2, 0.25) is 0 Å². The zero-order valence-corrected chi connectivity index (χ0v) is 11.0. The summed E-state index contributed by atoms with van der Waals surface area (Å²) in [6.07, 6.45) is 6.91. The Hall–Kier alpha value is -1.84. The number of hydrogen-bond acceptors (Lipinski definition) is 2. The summed E-state index contributed by atoms with van der Waals surface area (Å²) in [5, 5.41) is 0. The maximum absolute atomic E-state index is 4.47. The van der Waals surface area contributed by atoms with Crippen LogP contribution in [0.2, 0.25) is 0 Å². The van der Waals surface area contributed by atoms with Crippen LogP contribution >= 0.6 is 0 Å². The molecule has 3 aromatic rings. The Morgan fingerprint density at radius 3 is 2.89 bits per heavy atom. The quantitative estimate of drug-likeness (QED) is 0.765. The van der Waals surface area contributed by atoms with Gasteiger partial charge in [0.05, 0.1) is 11.7 Å². The van der Waals surface area contributed by atoms with E-state index in [1.807, 2.05) is 18.6 Å². The average Bonchev–Trinajstić information content (AvgIpc) is 3.01. The molecule has 0 saturated carbocycles. The number of imidazole rings is 1. The monoisotopic (exact) mass is 242 g/mol. The van der Waals surface area contributed by atoms with Crippen molar-refractivity contribution in [3.05, 3.63) is 30.4 Å². The molecule has 0 bridgehead atoms. The van der Waals surface area contributed by atoms with E-state index in [1.165, 1.54) is 12.1 Å². The lowest BCUT2D eigenvalue weighted by atomic mass is 9.91. The van der Waals surface area contributed by atoms with Gasteiger partial charge in [-0.15, -0.1) is 0 Å². The molecule has 0 aliphatic heterocycles. The first-order valence-corrected chi connectivity index (χ1v) is 6.51. The third-order valence-electron chi connectivity index (χ3n) is 4.03. The number of fused-ring (bicyclic) bond motifs is 3. The summed E-state index contributed by atoms with van der Waals surface area (Å²) >= 11 is 0. The zero-order chi connectivity index (χ0) is 12.7. The maximum Gasteiger partial charge on any atom is 0.156 e. The van der Waals surface area contributed by atoms with E-state index in [9.17, 15) is 0 Å². The molecule has 4 heteroatoms. The molecule has 1 N–H and O–H groups in total. The Morgan fingerprint density at radius 1 is 1.28 bits per heavy atom. The SMILES string of the molecule is CC[C@H](C)C(C)c1cnc2cnc3[nH]ccc3n12. The van der Waals surface area contributed by atoms with Crippen molar-refractivity contribution >= 4 is 16.8 Å². The molecule has 0 aliphatic rings. The molecule has 0 radical (unpaired) electrons. The van der Waals surface area contributed by atoms with Crippen LogP contribution in [0.15, 0.2) is 24.7 Å². The fourth-order valence-corrected chi connectivity index (χ4v) is 2.46. The summed E-state index contributed by atoms with van der Waals surface area (Å²) in [5.41, 5.74) is 4.21. The van der Waals surface area contributed by atoms with Crippen LogP contribution in [0.5, 0.6) is 0 Å². The fraction of sp³-hybridized carbons (Fsp3) is 0.429. The van der Waals surface area contributed by atoms with Crippen LogP contribution in [0.3, 0.4) is 0 Å². The van der Waals surface area contributed by atoms with Gasteiger partial charge in [-0.3, -0.25) is 4.40 Å². The van der Waals surface area contributed by atoms with Crippen LogP contribution < -0.4 is 0 Å². The van der Waals surface area contributed by atoms with Crippen LogP contribution in [0.1, 0.15) is 38.8 Å². The first-order valence-electron chi connectivity index (χ1n) is 6.51. The van der Waals surface area contributed by atoms with Crippen molar-refractivity contribution in [2.24, 2.45) is 5.92 Å². The topological polar surface area (TPSA) is 46.0 Å². The second-order valence-electron chi connectivity index (χ2n) is 5.02. The highest BCUT2D eigenvalue weighted by atomic mass is 15.1. The average molecular weight is 242 g/mol. The Labute approximate surface area is 106 Å². The van der Waals surface area contributed by atoms with Gasteiger partial charge in [0, 0.05) is 24.0 Å². The van der Waals surface area contributed by atoms with E-state index in [4.69, 9.17) is 0 Å². The summed E-state index contributed by atoms with van der Waals surface area (Å²) < 4.78 is 2.22. The van der Waals surface area contributed by atoms with Gasteiger partial charge in [0.15, 0.2) is 11.3 Å². The largest absolute Gasteiger partial charge is 0.345 e. The van der Waals surface area contributed by atoms with Crippen LogP contribution in [0.4, 0.5) is 0 Å². The van der Waals surface area contributed by atoms with E-state index in [2.05, 4.69) is 46.2 Å². The molecule has 3 rings (SSSR count). The van der Waals surface area contributed by atoms with Gasteiger partial charge in [0.25, 0.3) is 0 Å². The number of H-pyrrole nitrogens is 1. The lowest BCUT2D eigenvalue weighted by molar-refractivity contribution is 0.464. The molecule has 0 spiro atoms. The lowest BCUT2D eigenvalue weighted by Gasteiger charge is -2.18. The van der Waals surface area contributed by atoms with E-state index in [0.29, 0.717) is 11.8 Å². The molecular formula is C14H18N4. The van der Waals surface area contributed by atoms with E-state index in [1.54, 1.807) is 0 Å². The smallest absolute Gasteiger partial charge is 0.156 e. The van der Waals surface area contributed by atoms with Gasteiger partial charge >= 0.3 is 0 Å². The molecule has 0 aliphatic carbocycles. The number of rotatable bonds is 3. The number of aromatic nitrogens is 4. The van der Waals surface area contributed by atoms with Crippen molar-refractivity contribution in [1.82, 2.24) is 19.4 Å². The number of hydrogen-bond donors (Lipinski definition) is 1. The van der Waals surface area contributed by atoms with Crippen LogP contribution in [-0.2, 0) is 0 Å². The number of nitrogens with zero attached hydrogens (tertiary/aromatic N) is 3. The maximum atomic E-state index is 4.47. The predicted octanol–water partition coefficient (Wildman–Crippen LogP) is 3.36. The van der Waals surface area contributed by atoms with Crippen molar-refractivity contribution in [2.45, 2.75) is 33.1 Å². The highest BCUT2D eigenvalue weighted by Gasteiger charge is 2.18. The molecule has 2 atom stereocenters. The molecule has 4 nitrogen and oxygen atoms in total. The molecule has 0 saturated heterocycles. The number of aromatic amines is 1. The fourth-order valence-electron chi connectivity index (χ4n) is 2.46. The Bertz CT molecular complexity index is 679. The number of nitrogens with one attached hydrogen (secondary N) is 1. The van der Waals surface area contributed by atoms with E-state index >= 15 is 0 Å². The zero-order valence-electron chi connectivity index (χ0n) is 11.0. The van der Waals surface area contributed by atoms with E-state index in [0.717, 1.165) is 16.8 Å². The molecule has 18 heavy (non-hydrogen) atoms. The molecule has 0 fully saturated rings. The molecular weight excluding hydrogens is 224 g/mol. The molecule has 0 aromatic carbocycles. The van der Waals surface area contributed by atoms with Crippen molar-refractivity contribution in [2.75, 3.05) is 0 Å². The summed E-state index contributed by atoms with van der Waals surface area (Å²) in [5.74, 6) is 1.14. The van der Waals surface area contributed by atoms with Gasteiger partial charge < -0.3 is 4.98 Å². The standard InChI is InChI=1S/C14H18N4/c1-4-9(2)10(3)12-7-16-13-8-17-14-11(18(12)13)5-6-15-14/h5-10,15H,4H2,1-3H3/t9-,10?/m0/s1. The van der Waals surface area contributed by atoms with Gasteiger partial charge in [-0.2, -0.15) is 0 Å². The van der Waals surface area contributed by atoms with Gasteiger partial charge in [-0.05, 0) is 12.0 Å². The van der Waals surface area contributed by atoms with E-state index in [-0.39, 0.29) is 0 Å². The van der Waals surface area contributed by atoms with Gasteiger partial charge in [-0.1, -0.05) is 27.2 Å². The highest BCUT2D eigenvalue weighted by molar-refractivity contribution is 5.74. The second-order valence-corrected chi connectivity index (χ2v) is 5.02. The Morgan fingerprint density at radius 2 is 2.11 bits per heavy atom. The third kappa shape index (κ3) is 1.52. The molecule has 3 heterocycles. The molecule has 94 valence electrons. The lowest BCUT2D eigenvalue weighted by Crippen LogP contribution is -2.08. The van der Waals surface area contributed by atoms with Gasteiger partial charge in [-0.25, -0.2) is 9.97 Å². The van der Waals surface area contributed by atoms with Crippen molar-refractivity contribution < 1.29 is 0 Å². The summed E-state index contributed by atoms with van der Waals surface area (Å²) in [7, 11) is 0. The minimum absolute atomic E-state index is 0.491. The van der Waals surface area contributed by atoms with Crippen LogP contribution in [0.25, 0.3) is 16.8 Å². The van der Waals surface area contributed by atoms with Crippen molar-refractivity contribution in [3.63, 3.8) is 0 Å². The Balaban J connectivity index is 2.26. The van der Waals surface area contributed by atoms with Crippen molar-refractivity contribution in [3.8, 4) is 0 Å². The minimum atomic E-state index is 0.491. The summed E-state index contributed by atoms with van der Waals surface area (Å²) in [6, 6.07) is 2.06. The normalized spacial score (nSPS) is 15.3. The third-order valence-corrected chi connectivity index (χ3v) is 4.03. The highest BCUT2D eigenvalue weighted by Crippen LogP contribution is 2.28. The van der Waals surface area contributed by atoms with Gasteiger partial charge in [0.1, 0.15) is 0 Å². The molecule has 1 unspecified atom stereocenters. The first kappa shape index (κ1) is 11.3. The summed E-state index contributed by atoms with van der Waals surface area (Å²) in [6.45, 7) is 6.80. The predicted molar refractivity (Wildman–Crippen MR) is 72.7 cm³/mol. The molecule has 0 amide bonds. The van der Waals surface area contributed by atoms with Crippen molar-refractivity contribution in [1.29, 1.82) is 0 Å². The second kappa shape index (κ2) is 4.12. The van der Waals surface area contributed by atoms with E-state index < -0.39 is 0 Å². The summed E-state index contributed by atoms with van der Waals surface area (Å²) in [4.78, 5) is 12.0. The molecule has 3 aromatic heterocycles. The minimum Gasteiger partial charge on any atom is -0.345 e. The van der Waals surface area contributed by atoms with Crippen LogP contribution in [0, 0.1) is 5.92 Å². The first-order chi connectivity index (χ1) is 8.72.